The molecule has 34 heavy (non-hydrogen) atoms. The van der Waals surface area contributed by atoms with Gasteiger partial charge in [-0.05, 0) is 99.2 Å². The first-order chi connectivity index (χ1) is 16.7. The van der Waals surface area contributed by atoms with Gasteiger partial charge in [-0.1, -0.05) is 42.0 Å². The van der Waals surface area contributed by atoms with Crippen LogP contribution in [0, 0.1) is 17.8 Å². The molecular weight excluding hydrogens is 444 g/mol. The SMILES string of the molecule is C(=C\C1CCCNC1)/c1cncc(OCC2CC2)c1.Clc1ccc(/C=C/C2CCNCC2)cn1. The summed E-state index contributed by atoms with van der Waals surface area (Å²) in [5.41, 5.74) is 2.26. The van der Waals surface area contributed by atoms with Crippen molar-refractivity contribution in [3.8, 4) is 5.75 Å². The maximum absolute atomic E-state index is 5.75. The van der Waals surface area contributed by atoms with E-state index in [1.807, 2.05) is 24.5 Å². The second-order valence-corrected chi connectivity index (χ2v) is 9.92. The Bertz CT molecular complexity index is 914. The molecule has 0 bridgehead atoms. The number of hydrogen-bond donors (Lipinski definition) is 2. The topological polar surface area (TPSA) is 59.1 Å². The zero-order valence-corrected chi connectivity index (χ0v) is 20.7. The molecule has 3 aliphatic rings. The highest BCUT2D eigenvalue weighted by Crippen LogP contribution is 2.29. The van der Waals surface area contributed by atoms with Crippen molar-refractivity contribution in [2.24, 2.45) is 17.8 Å². The first-order valence-electron chi connectivity index (χ1n) is 12.7. The Morgan fingerprint density at radius 2 is 1.71 bits per heavy atom. The molecule has 6 heteroatoms. The Kier molecular flexibility index (Phi) is 9.97. The van der Waals surface area contributed by atoms with Gasteiger partial charge in [0.2, 0.25) is 0 Å². The zero-order valence-electron chi connectivity index (χ0n) is 20.0. The third-order valence-electron chi connectivity index (χ3n) is 6.51. The molecule has 5 rings (SSSR count). The number of ether oxygens (including phenoxy) is 1. The van der Waals surface area contributed by atoms with Gasteiger partial charge in [0.1, 0.15) is 10.9 Å². The summed E-state index contributed by atoms with van der Waals surface area (Å²) in [5, 5.41) is 7.34. The highest BCUT2D eigenvalue weighted by atomic mass is 35.5. The molecule has 0 aromatic carbocycles. The molecule has 0 radical (unpaired) electrons. The number of piperidine rings is 2. The summed E-state index contributed by atoms with van der Waals surface area (Å²) >= 11 is 5.72. The monoisotopic (exact) mass is 480 g/mol. The van der Waals surface area contributed by atoms with E-state index in [1.54, 1.807) is 6.20 Å². The van der Waals surface area contributed by atoms with Crippen LogP contribution in [-0.4, -0.2) is 42.8 Å². The zero-order chi connectivity index (χ0) is 23.4. The Morgan fingerprint density at radius 3 is 2.44 bits per heavy atom. The van der Waals surface area contributed by atoms with Crippen LogP contribution in [0.25, 0.3) is 12.2 Å². The quantitative estimate of drug-likeness (QED) is 0.503. The highest BCUT2D eigenvalue weighted by molar-refractivity contribution is 6.29. The number of halogens is 1. The molecule has 1 unspecified atom stereocenters. The number of pyridine rings is 2. The fourth-order valence-corrected chi connectivity index (χ4v) is 4.28. The average Bonchev–Trinajstić information content (AvgIpc) is 3.73. The van der Waals surface area contributed by atoms with Gasteiger partial charge < -0.3 is 15.4 Å². The summed E-state index contributed by atoms with van der Waals surface area (Å²) in [6.07, 6.45) is 22.1. The molecule has 1 saturated carbocycles. The maximum Gasteiger partial charge on any atom is 0.138 e. The Hall–Kier alpha value is -2.21. The molecule has 182 valence electrons. The number of hydrogen-bond acceptors (Lipinski definition) is 5. The van der Waals surface area contributed by atoms with Crippen LogP contribution < -0.4 is 15.4 Å². The van der Waals surface area contributed by atoms with Crippen molar-refractivity contribution >= 4 is 23.8 Å². The van der Waals surface area contributed by atoms with E-state index in [-0.39, 0.29) is 0 Å². The maximum atomic E-state index is 5.75. The van der Waals surface area contributed by atoms with Crippen molar-refractivity contribution in [3.63, 3.8) is 0 Å². The van der Waals surface area contributed by atoms with E-state index in [4.69, 9.17) is 16.3 Å². The lowest BCUT2D eigenvalue weighted by atomic mass is 9.97. The minimum atomic E-state index is 0.550. The summed E-state index contributed by atoms with van der Waals surface area (Å²) in [4.78, 5) is 8.30. The third-order valence-corrected chi connectivity index (χ3v) is 6.73. The van der Waals surface area contributed by atoms with E-state index < -0.39 is 0 Å². The first-order valence-corrected chi connectivity index (χ1v) is 13.1. The summed E-state index contributed by atoms with van der Waals surface area (Å²) < 4.78 is 5.75. The largest absolute Gasteiger partial charge is 0.492 e. The molecule has 5 nitrogen and oxygen atoms in total. The van der Waals surface area contributed by atoms with Gasteiger partial charge >= 0.3 is 0 Å². The molecular formula is C28H37ClN4O. The smallest absolute Gasteiger partial charge is 0.138 e. The van der Waals surface area contributed by atoms with E-state index in [0.29, 0.717) is 17.0 Å². The lowest BCUT2D eigenvalue weighted by Gasteiger charge is -2.19. The normalized spacial score (nSPS) is 21.4. The standard InChI is InChI=1S/C16H22N2O.C12H15ClN2/c1-2-13(9-17-7-1)3-6-15-8-16(11-18-10-15)19-12-14-4-5-14;13-12-4-3-11(9-15-12)2-1-10-5-7-14-8-6-10/h3,6,8,10-11,13-14,17H,1-2,4-5,7,9,12H2;1-4,9-10,14H,5-8H2/b6-3+;2-1+. The molecule has 1 atom stereocenters. The van der Waals surface area contributed by atoms with Crippen LogP contribution in [0.1, 0.15) is 49.7 Å². The lowest BCUT2D eigenvalue weighted by molar-refractivity contribution is 0.298. The number of rotatable bonds is 7. The second kappa shape index (κ2) is 13.6. The van der Waals surface area contributed by atoms with Crippen molar-refractivity contribution in [2.75, 3.05) is 32.8 Å². The molecule has 0 amide bonds. The van der Waals surface area contributed by atoms with Crippen molar-refractivity contribution in [3.05, 3.63) is 65.2 Å². The van der Waals surface area contributed by atoms with Crippen LogP contribution in [0.3, 0.4) is 0 Å². The van der Waals surface area contributed by atoms with Gasteiger partial charge in [-0.15, -0.1) is 0 Å². The van der Waals surface area contributed by atoms with Gasteiger partial charge in [0.25, 0.3) is 0 Å². The molecule has 2 aliphatic heterocycles. The second-order valence-electron chi connectivity index (χ2n) is 9.53. The summed E-state index contributed by atoms with van der Waals surface area (Å²) in [6, 6.07) is 5.90. The van der Waals surface area contributed by atoms with E-state index >= 15 is 0 Å². The number of aromatic nitrogens is 2. The van der Waals surface area contributed by atoms with Crippen LogP contribution in [0.4, 0.5) is 0 Å². The molecule has 4 heterocycles. The van der Waals surface area contributed by atoms with Gasteiger partial charge in [-0.3, -0.25) is 4.98 Å². The van der Waals surface area contributed by atoms with Crippen LogP contribution in [-0.2, 0) is 0 Å². The molecule has 2 N–H and O–H groups in total. The lowest BCUT2D eigenvalue weighted by Crippen LogP contribution is -2.28. The molecule has 2 aromatic heterocycles. The minimum absolute atomic E-state index is 0.550. The van der Waals surface area contributed by atoms with Crippen molar-refractivity contribution in [2.45, 2.75) is 38.5 Å². The molecule has 2 saturated heterocycles. The minimum Gasteiger partial charge on any atom is -0.492 e. The van der Waals surface area contributed by atoms with Gasteiger partial charge in [-0.25, -0.2) is 4.98 Å². The number of allylic oxidation sites excluding steroid dienone is 1. The molecule has 3 fully saturated rings. The average molecular weight is 481 g/mol. The van der Waals surface area contributed by atoms with Crippen molar-refractivity contribution < 1.29 is 4.74 Å². The summed E-state index contributed by atoms with van der Waals surface area (Å²) in [7, 11) is 0. The van der Waals surface area contributed by atoms with Gasteiger partial charge in [0, 0.05) is 18.9 Å². The van der Waals surface area contributed by atoms with E-state index in [9.17, 15) is 0 Å². The van der Waals surface area contributed by atoms with E-state index in [1.165, 1.54) is 38.5 Å². The third kappa shape index (κ3) is 9.21. The first kappa shape index (κ1) is 24.9. The van der Waals surface area contributed by atoms with Crippen LogP contribution in [0.2, 0.25) is 5.15 Å². The van der Waals surface area contributed by atoms with E-state index in [2.05, 4.69) is 51.0 Å². The highest BCUT2D eigenvalue weighted by Gasteiger charge is 2.21. The fourth-order valence-electron chi connectivity index (χ4n) is 4.16. The van der Waals surface area contributed by atoms with Crippen LogP contribution >= 0.6 is 11.6 Å². The number of nitrogens with zero attached hydrogens (tertiary/aromatic N) is 2. The molecule has 0 spiro atoms. The van der Waals surface area contributed by atoms with Gasteiger partial charge in [0.15, 0.2) is 0 Å². The van der Waals surface area contributed by atoms with Gasteiger partial charge in [0.05, 0.1) is 12.8 Å². The molecule has 2 aromatic rings. The Labute approximate surface area is 209 Å². The van der Waals surface area contributed by atoms with Crippen molar-refractivity contribution in [1.29, 1.82) is 0 Å². The van der Waals surface area contributed by atoms with Crippen molar-refractivity contribution in [1.82, 2.24) is 20.6 Å². The summed E-state index contributed by atoms with van der Waals surface area (Å²) in [6.45, 7) is 5.38. The van der Waals surface area contributed by atoms with Crippen LogP contribution in [0.5, 0.6) is 5.75 Å². The predicted octanol–water partition coefficient (Wildman–Crippen LogP) is 5.63. The van der Waals surface area contributed by atoms with E-state index in [0.717, 1.165) is 55.6 Å². The Balaban J connectivity index is 0.000000166. The Morgan fingerprint density at radius 1 is 0.882 bits per heavy atom. The summed E-state index contributed by atoms with van der Waals surface area (Å²) in [5.74, 6) is 3.05. The number of nitrogens with one attached hydrogen (secondary N) is 2. The predicted molar refractivity (Wildman–Crippen MR) is 141 cm³/mol. The molecule has 1 aliphatic carbocycles. The van der Waals surface area contributed by atoms with Crippen LogP contribution in [0.15, 0.2) is 48.9 Å². The van der Waals surface area contributed by atoms with Gasteiger partial charge in [-0.2, -0.15) is 0 Å². The fraction of sp³-hybridized carbons (Fsp3) is 0.500.